The fourth-order valence-corrected chi connectivity index (χ4v) is 2.92. The van der Waals surface area contributed by atoms with Gasteiger partial charge in [-0.25, -0.2) is 4.98 Å². The Balaban J connectivity index is 1.82. The Morgan fingerprint density at radius 3 is 2.50 bits per heavy atom. The molecule has 0 aliphatic heterocycles. The Morgan fingerprint density at radius 1 is 1.06 bits per heavy atom. The molecule has 1 fully saturated rings. The first-order valence-corrected chi connectivity index (χ1v) is 7.59. The molecule has 0 atom stereocenters. The lowest BCUT2D eigenvalue weighted by Gasteiger charge is -2.18. The third-order valence-corrected chi connectivity index (χ3v) is 4.32. The van der Waals surface area contributed by atoms with Crippen LogP contribution in [0.4, 0.5) is 0 Å². The number of nitrogens with zero attached hydrogens (tertiary/aromatic N) is 2. The van der Waals surface area contributed by atoms with Gasteiger partial charge in [0.1, 0.15) is 5.82 Å². The van der Waals surface area contributed by atoms with Gasteiger partial charge < -0.3 is 0 Å². The van der Waals surface area contributed by atoms with Gasteiger partial charge in [0.25, 0.3) is 0 Å². The molecule has 0 unspecified atom stereocenters. The highest BCUT2D eigenvalue weighted by atomic mass is 127. The smallest absolute Gasteiger partial charge is 0.181 e. The molecule has 3 nitrogen and oxygen atoms in total. The Morgan fingerprint density at radius 2 is 1.78 bits per heavy atom. The zero-order valence-corrected chi connectivity index (χ0v) is 12.4. The minimum Gasteiger partial charge on any atom is -0.262 e. The first-order valence-electron chi connectivity index (χ1n) is 6.51. The normalized spacial score (nSPS) is 16.9. The molecule has 94 valence electrons. The van der Waals surface area contributed by atoms with Crippen molar-refractivity contribution in [1.82, 2.24) is 15.2 Å². The second kappa shape index (κ2) is 5.38. The number of aromatic amines is 1. The van der Waals surface area contributed by atoms with Crippen molar-refractivity contribution in [2.24, 2.45) is 0 Å². The summed E-state index contributed by atoms with van der Waals surface area (Å²) in [5.41, 5.74) is 1.09. The van der Waals surface area contributed by atoms with Crippen LogP contribution in [-0.4, -0.2) is 15.2 Å². The van der Waals surface area contributed by atoms with Gasteiger partial charge in [0, 0.05) is 15.1 Å². The highest BCUT2D eigenvalue weighted by Gasteiger charge is 2.19. The minimum atomic E-state index is 0.587. The van der Waals surface area contributed by atoms with Crippen molar-refractivity contribution in [2.75, 3.05) is 0 Å². The van der Waals surface area contributed by atoms with Crippen molar-refractivity contribution in [1.29, 1.82) is 0 Å². The maximum atomic E-state index is 4.66. The summed E-state index contributed by atoms with van der Waals surface area (Å²) < 4.78 is 1.24. The maximum absolute atomic E-state index is 4.66. The topological polar surface area (TPSA) is 41.6 Å². The van der Waals surface area contributed by atoms with Crippen LogP contribution in [0.25, 0.3) is 11.4 Å². The number of H-pyrrole nitrogens is 1. The van der Waals surface area contributed by atoms with Gasteiger partial charge in [-0.1, -0.05) is 31.4 Å². The summed E-state index contributed by atoms with van der Waals surface area (Å²) in [6.45, 7) is 0. The molecular weight excluding hydrogens is 337 g/mol. The monoisotopic (exact) mass is 353 g/mol. The van der Waals surface area contributed by atoms with E-state index in [-0.39, 0.29) is 0 Å². The summed E-state index contributed by atoms with van der Waals surface area (Å²) in [6, 6.07) is 8.34. The summed E-state index contributed by atoms with van der Waals surface area (Å²) >= 11 is 2.31. The van der Waals surface area contributed by atoms with E-state index in [9.17, 15) is 0 Å². The largest absolute Gasteiger partial charge is 0.262 e. The first kappa shape index (κ1) is 12.1. The molecular formula is C14H16IN3. The van der Waals surface area contributed by atoms with Crippen LogP contribution in [0, 0.1) is 3.57 Å². The van der Waals surface area contributed by atoms with Gasteiger partial charge in [-0.15, -0.1) is 0 Å². The van der Waals surface area contributed by atoms with Gasteiger partial charge in [0.2, 0.25) is 0 Å². The van der Waals surface area contributed by atoms with E-state index in [1.807, 2.05) is 0 Å². The Kier molecular flexibility index (Phi) is 3.63. The van der Waals surface area contributed by atoms with Gasteiger partial charge >= 0.3 is 0 Å². The quantitative estimate of drug-likeness (QED) is 0.825. The number of halogens is 1. The Hall–Kier alpha value is -0.910. The van der Waals surface area contributed by atoms with E-state index in [0.29, 0.717) is 5.92 Å². The van der Waals surface area contributed by atoms with Crippen molar-refractivity contribution < 1.29 is 0 Å². The van der Waals surface area contributed by atoms with E-state index in [1.165, 1.54) is 35.7 Å². The van der Waals surface area contributed by atoms with Crippen LogP contribution in [0.15, 0.2) is 24.3 Å². The lowest BCUT2D eigenvalue weighted by molar-refractivity contribution is 0.429. The van der Waals surface area contributed by atoms with Crippen molar-refractivity contribution in [3.05, 3.63) is 33.7 Å². The van der Waals surface area contributed by atoms with E-state index in [0.717, 1.165) is 17.2 Å². The molecule has 1 heterocycles. The Labute approximate surface area is 121 Å². The SMILES string of the molecule is Ic1ccc(-c2n[nH]c(C3CCCCC3)n2)cc1. The zero-order chi connectivity index (χ0) is 12.4. The van der Waals surface area contributed by atoms with E-state index in [2.05, 4.69) is 62.0 Å². The number of nitrogens with one attached hydrogen (secondary N) is 1. The average Bonchev–Trinajstić information content (AvgIpc) is 2.90. The van der Waals surface area contributed by atoms with Gasteiger partial charge in [-0.05, 0) is 47.6 Å². The maximum Gasteiger partial charge on any atom is 0.181 e. The third kappa shape index (κ3) is 2.58. The van der Waals surface area contributed by atoms with Crippen LogP contribution in [0.5, 0.6) is 0 Å². The highest BCUT2D eigenvalue weighted by molar-refractivity contribution is 14.1. The molecule has 1 saturated carbocycles. The van der Waals surface area contributed by atoms with Gasteiger partial charge in [-0.3, -0.25) is 5.10 Å². The van der Waals surface area contributed by atoms with Crippen molar-refractivity contribution >= 4 is 22.6 Å². The van der Waals surface area contributed by atoms with Crippen LogP contribution >= 0.6 is 22.6 Å². The van der Waals surface area contributed by atoms with Crippen molar-refractivity contribution in [2.45, 2.75) is 38.0 Å². The molecule has 0 saturated heterocycles. The van der Waals surface area contributed by atoms with Crippen LogP contribution in [0.1, 0.15) is 43.8 Å². The highest BCUT2D eigenvalue weighted by Crippen LogP contribution is 2.31. The molecule has 18 heavy (non-hydrogen) atoms. The fraction of sp³-hybridized carbons (Fsp3) is 0.429. The van der Waals surface area contributed by atoms with Crippen LogP contribution in [0.3, 0.4) is 0 Å². The van der Waals surface area contributed by atoms with E-state index in [1.54, 1.807) is 0 Å². The standard InChI is InChI=1S/C14H16IN3/c15-12-8-6-11(7-9-12)14-16-13(17-18-14)10-4-2-1-3-5-10/h6-10H,1-5H2,(H,16,17,18). The Bertz CT molecular complexity index is 512. The van der Waals surface area contributed by atoms with E-state index < -0.39 is 0 Å². The van der Waals surface area contributed by atoms with Crippen LogP contribution in [-0.2, 0) is 0 Å². The molecule has 1 N–H and O–H groups in total. The number of hydrogen-bond donors (Lipinski definition) is 1. The molecule has 0 bridgehead atoms. The predicted octanol–water partition coefficient (Wildman–Crippen LogP) is 4.12. The number of rotatable bonds is 2. The molecule has 0 radical (unpaired) electrons. The summed E-state index contributed by atoms with van der Waals surface area (Å²) in [6.07, 6.45) is 6.52. The molecule has 0 spiro atoms. The summed E-state index contributed by atoms with van der Waals surface area (Å²) in [4.78, 5) is 4.66. The molecule has 2 aromatic rings. The van der Waals surface area contributed by atoms with E-state index >= 15 is 0 Å². The number of hydrogen-bond acceptors (Lipinski definition) is 2. The lowest BCUT2D eigenvalue weighted by Crippen LogP contribution is -2.06. The summed E-state index contributed by atoms with van der Waals surface area (Å²) in [5, 5.41) is 7.48. The molecule has 1 aliphatic carbocycles. The molecule has 1 aromatic carbocycles. The molecule has 1 aromatic heterocycles. The van der Waals surface area contributed by atoms with Crippen molar-refractivity contribution in [3.63, 3.8) is 0 Å². The van der Waals surface area contributed by atoms with Gasteiger partial charge in [-0.2, -0.15) is 5.10 Å². The fourth-order valence-electron chi connectivity index (χ4n) is 2.56. The number of aromatic nitrogens is 3. The summed E-state index contributed by atoms with van der Waals surface area (Å²) in [7, 11) is 0. The molecule has 0 amide bonds. The van der Waals surface area contributed by atoms with Gasteiger partial charge in [0.15, 0.2) is 5.82 Å². The average molecular weight is 353 g/mol. The second-order valence-corrected chi connectivity index (χ2v) is 6.13. The molecule has 1 aliphatic rings. The van der Waals surface area contributed by atoms with Crippen molar-refractivity contribution in [3.8, 4) is 11.4 Å². The van der Waals surface area contributed by atoms with E-state index in [4.69, 9.17) is 0 Å². The molecule has 4 heteroatoms. The third-order valence-electron chi connectivity index (χ3n) is 3.60. The summed E-state index contributed by atoms with van der Waals surface area (Å²) in [5.74, 6) is 2.49. The number of benzene rings is 1. The zero-order valence-electron chi connectivity index (χ0n) is 10.2. The second-order valence-electron chi connectivity index (χ2n) is 4.89. The van der Waals surface area contributed by atoms with Gasteiger partial charge in [0.05, 0.1) is 0 Å². The predicted molar refractivity (Wildman–Crippen MR) is 80.4 cm³/mol. The molecule has 3 rings (SSSR count). The first-order chi connectivity index (χ1) is 8.83. The minimum absolute atomic E-state index is 0.587. The lowest BCUT2D eigenvalue weighted by atomic mass is 9.89. The van der Waals surface area contributed by atoms with Crippen LogP contribution in [0.2, 0.25) is 0 Å². The van der Waals surface area contributed by atoms with Crippen LogP contribution < -0.4 is 0 Å².